The first-order valence-electron chi connectivity index (χ1n) is 13.0. The third-order valence-electron chi connectivity index (χ3n) is 7.62. The number of carbonyl (C=O) groups is 2. The molecule has 0 spiro atoms. The molecule has 5 aromatic rings. The van der Waals surface area contributed by atoms with E-state index in [0.29, 0.717) is 76.6 Å². The van der Waals surface area contributed by atoms with Crippen LogP contribution in [-0.2, 0) is 0 Å². The number of hydrogen-bond acceptors (Lipinski definition) is 7. The van der Waals surface area contributed by atoms with E-state index in [1.807, 2.05) is 29.2 Å². The summed E-state index contributed by atoms with van der Waals surface area (Å²) in [7, 11) is 0. The molecule has 1 saturated heterocycles. The van der Waals surface area contributed by atoms with Crippen LogP contribution in [0.2, 0.25) is 0 Å². The van der Waals surface area contributed by atoms with Gasteiger partial charge in [-0.05, 0) is 30.3 Å². The monoisotopic (exact) mass is 534 g/mol. The highest BCUT2D eigenvalue weighted by Gasteiger charge is 2.34. The molecule has 4 aromatic carbocycles. The Labute approximate surface area is 228 Å². The summed E-state index contributed by atoms with van der Waals surface area (Å²) in [6.45, 7) is 2.34. The molecule has 198 valence electrons. The molecule has 40 heavy (non-hydrogen) atoms. The van der Waals surface area contributed by atoms with E-state index in [1.165, 1.54) is 12.1 Å². The first kappa shape index (κ1) is 23.9. The maximum atomic E-state index is 14.4. The molecule has 1 aliphatic heterocycles. The van der Waals surface area contributed by atoms with E-state index < -0.39 is 5.97 Å². The van der Waals surface area contributed by atoms with E-state index in [4.69, 9.17) is 4.52 Å². The maximum Gasteiger partial charge on any atom is 0.337 e. The average Bonchev–Trinajstić information content (AvgIpc) is 3.42. The number of ketones is 1. The molecule has 1 fully saturated rings. The SMILES string of the molecule is O=C(O)c1ccccc1Nc1cc(N2CCN(c3ccccc3F)CC2)c2noc3c2c1C(=O)c1ccccc1-3. The highest BCUT2D eigenvalue weighted by Crippen LogP contribution is 2.46. The summed E-state index contributed by atoms with van der Waals surface area (Å²) < 4.78 is 20.3. The molecule has 2 aliphatic rings. The van der Waals surface area contributed by atoms with Gasteiger partial charge in [0.1, 0.15) is 11.3 Å². The van der Waals surface area contributed by atoms with E-state index in [-0.39, 0.29) is 17.2 Å². The number of aromatic carboxylic acids is 1. The number of aromatic nitrogens is 1. The van der Waals surface area contributed by atoms with Gasteiger partial charge in [0.05, 0.1) is 39.3 Å². The minimum atomic E-state index is -1.08. The number of nitrogens with zero attached hydrogens (tertiary/aromatic N) is 3. The second-order valence-electron chi connectivity index (χ2n) is 9.83. The van der Waals surface area contributed by atoms with Crippen molar-refractivity contribution in [3.8, 4) is 11.3 Å². The van der Waals surface area contributed by atoms with Crippen LogP contribution in [0.25, 0.3) is 22.2 Å². The van der Waals surface area contributed by atoms with Gasteiger partial charge in [0.25, 0.3) is 0 Å². The molecular weight excluding hydrogens is 511 g/mol. The maximum absolute atomic E-state index is 14.4. The third kappa shape index (κ3) is 3.70. The van der Waals surface area contributed by atoms with Gasteiger partial charge in [0.15, 0.2) is 11.5 Å². The van der Waals surface area contributed by atoms with Gasteiger partial charge in [-0.25, -0.2) is 9.18 Å². The van der Waals surface area contributed by atoms with Crippen LogP contribution >= 0.6 is 0 Å². The standard InChI is InChI=1S/C31H23FN4O4/c32-21-10-4-6-12-24(21)35-13-15-36(16-14-35)25-17-23(33-22-11-5-3-9-20(22)31(38)39)26-27-28(25)34-40-30(27)19-8-2-1-7-18(19)29(26)37/h1-12,17,33H,13-16H2,(H,38,39). The minimum absolute atomic E-state index is 0.0871. The lowest BCUT2D eigenvalue weighted by Gasteiger charge is -2.37. The number of carboxylic acid groups (broad SMARTS) is 1. The predicted molar refractivity (Wildman–Crippen MR) is 150 cm³/mol. The van der Waals surface area contributed by atoms with Crippen molar-refractivity contribution in [3.63, 3.8) is 0 Å². The summed E-state index contributed by atoms with van der Waals surface area (Å²) in [6.07, 6.45) is 0. The lowest BCUT2D eigenvalue weighted by molar-refractivity contribution is 0.0697. The Balaban J connectivity index is 1.36. The summed E-state index contributed by atoms with van der Waals surface area (Å²) in [5.74, 6) is -1.03. The van der Waals surface area contributed by atoms with E-state index in [9.17, 15) is 19.1 Å². The number of para-hydroxylation sites is 2. The predicted octanol–water partition coefficient (Wildman–Crippen LogP) is 5.95. The van der Waals surface area contributed by atoms with Crippen molar-refractivity contribution in [1.82, 2.24) is 5.16 Å². The second-order valence-corrected chi connectivity index (χ2v) is 9.83. The van der Waals surface area contributed by atoms with Gasteiger partial charge < -0.3 is 24.7 Å². The van der Waals surface area contributed by atoms with Crippen molar-refractivity contribution in [1.29, 1.82) is 0 Å². The van der Waals surface area contributed by atoms with Gasteiger partial charge in [-0.2, -0.15) is 0 Å². The van der Waals surface area contributed by atoms with E-state index in [2.05, 4.69) is 15.4 Å². The molecule has 9 heteroatoms. The number of piperazine rings is 1. The number of hydrogen-bond donors (Lipinski definition) is 2. The van der Waals surface area contributed by atoms with Gasteiger partial charge >= 0.3 is 5.97 Å². The Morgan fingerprint density at radius 2 is 1.50 bits per heavy atom. The molecule has 1 aromatic heterocycles. The van der Waals surface area contributed by atoms with Gasteiger partial charge in [-0.1, -0.05) is 53.7 Å². The van der Waals surface area contributed by atoms with Crippen LogP contribution in [-0.4, -0.2) is 48.2 Å². The number of halogens is 1. The van der Waals surface area contributed by atoms with Gasteiger partial charge in [-0.3, -0.25) is 4.79 Å². The fraction of sp³-hybridized carbons (Fsp3) is 0.129. The molecule has 0 amide bonds. The third-order valence-corrected chi connectivity index (χ3v) is 7.62. The van der Waals surface area contributed by atoms with Crippen molar-refractivity contribution >= 4 is 45.4 Å². The molecule has 0 unspecified atom stereocenters. The van der Waals surface area contributed by atoms with Crippen LogP contribution in [0.15, 0.2) is 83.4 Å². The summed E-state index contributed by atoms with van der Waals surface area (Å²) in [4.78, 5) is 30.0. The van der Waals surface area contributed by atoms with Crippen LogP contribution in [0.5, 0.6) is 0 Å². The zero-order valence-electron chi connectivity index (χ0n) is 21.2. The fourth-order valence-corrected chi connectivity index (χ4v) is 5.70. The highest BCUT2D eigenvalue weighted by molar-refractivity contribution is 6.29. The van der Waals surface area contributed by atoms with Crippen molar-refractivity contribution in [2.75, 3.05) is 41.3 Å². The molecule has 2 heterocycles. The van der Waals surface area contributed by atoms with E-state index >= 15 is 0 Å². The number of fused-ring (bicyclic) bond motifs is 2. The minimum Gasteiger partial charge on any atom is -0.478 e. The van der Waals surface area contributed by atoms with Crippen molar-refractivity contribution < 1.29 is 23.6 Å². The molecule has 0 radical (unpaired) electrons. The molecule has 2 N–H and O–H groups in total. The summed E-state index contributed by atoms with van der Waals surface area (Å²) in [5, 5.41) is 18.0. The van der Waals surface area contributed by atoms with Crippen molar-refractivity contribution in [2.45, 2.75) is 0 Å². The molecule has 0 atom stereocenters. The molecule has 0 bridgehead atoms. The van der Waals surface area contributed by atoms with Gasteiger partial charge in [0.2, 0.25) is 0 Å². The second kappa shape index (κ2) is 9.23. The number of rotatable bonds is 5. The zero-order chi connectivity index (χ0) is 27.4. The zero-order valence-corrected chi connectivity index (χ0v) is 21.2. The summed E-state index contributed by atoms with van der Waals surface area (Å²) in [6, 6.07) is 22.4. The number of carboxylic acids is 1. The number of benzene rings is 4. The number of nitrogens with one attached hydrogen (secondary N) is 1. The van der Waals surface area contributed by atoms with Crippen molar-refractivity contribution in [3.05, 3.63) is 101 Å². The van der Waals surface area contributed by atoms with Crippen LogP contribution in [0.3, 0.4) is 0 Å². The number of anilines is 4. The molecule has 1 aliphatic carbocycles. The Hall–Kier alpha value is -5.18. The van der Waals surface area contributed by atoms with Crippen LogP contribution in [0, 0.1) is 5.82 Å². The molecule has 7 rings (SSSR count). The number of carbonyl (C=O) groups excluding carboxylic acids is 1. The molecule has 0 saturated carbocycles. The lowest BCUT2D eigenvalue weighted by atomic mass is 9.86. The highest BCUT2D eigenvalue weighted by atomic mass is 19.1. The van der Waals surface area contributed by atoms with Crippen molar-refractivity contribution in [2.24, 2.45) is 0 Å². The Bertz CT molecular complexity index is 1820. The molecule has 8 nitrogen and oxygen atoms in total. The van der Waals surface area contributed by atoms with Crippen LogP contribution in [0.4, 0.5) is 27.1 Å². The summed E-state index contributed by atoms with van der Waals surface area (Å²) >= 11 is 0. The molecular formula is C31H23FN4O4. The van der Waals surface area contributed by atoms with E-state index in [0.717, 1.165) is 5.69 Å². The average molecular weight is 535 g/mol. The Morgan fingerprint density at radius 1 is 0.850 bits per heavy atom. The van der Waals surface area contributed by atoms with Crippen LogP contribution in [0.1, 0.15) is 26.3 Å². The normalized spacial score (nSPS) is 14.4. The smallest absolute Gasteiger partial charge is 0.337 e. The van der Waals surface area contributed by atoms with Gasteiger partial charge in [0, 0.05) is 37.3 Å². The van der Waals surface area contributed by atoms with E-state index in [1.54, 1.807) is 42.5 Å². The van der Waals surface area contributed by atoms with Crippen LogP contribution < -0.4 is 15.1 Å². The quantitative estimate of drug-likeness (QED) is 0.280. The fourth-order valence-electron chi connectivity index (χ4n) is 5.70. The first-order valence-corrected chi connectivity index (χ1v) is 13.0. The van der Waals surface area contributed by atoms with Gasteiger partial charge in [-0.15, -0.1) is 0 Å². The summed E-state index contributed by atoms with van der Waals surface area (Å²) in [5.41, 5.74) is 4.35. The largest absolute Gasteiger partial charge is 0.478 e. The Morgan fingerprint density at radius 3 is 2.25 bits per heavy atom. The lowest BCUT2D eigenvalue weighted by Crippen LogP contribution is -2.47. The Kier molecular flexibility index (Phi) is 5.52. The first-order chi connectivity index (χ1) is 19.5. The topological polar surface area (TPSA) is 98.9 Å².